The van der Waals surface area contributed by atoms with Gasteiger partial charge in [0.25, 0.3) is 0 Å². The van der Waals surface area contributed by atoms with Crippen LogP contribution in [0.15, 0.2) is 24.3 Å². The zero-order chi connectivity index (χ0) is 13.7. The first kappa shape index (κ1) is 14.0. The summed E-state index contributed by atoms with van der Waals surface area (Å²) in [5.41, 5.74) is 2.03. The van der Waals surface area contributed by atoms with E-state index in [4.69, 9.17) is 9.84 Å². The number of rotatable bonds is 6. The van der Waals surface area contributed by atoms with Crippen LogP contribution in [0.5, 0.6) is 0 Å². The molecule has 0 bridgehead atoms. The van der Waals surface area contributed by atoms with Crippen molar-refractivity contribution in [3.05, 3.63) is 35.4 Å². The summed E-state index contributed by atoms with van der Waals surface area (Å²) in [6.07, 6.45) is 3.86. The van der Waals surface area contributed by atoms with Crippen molar-refractivity contribution >= 4 is 5.97 Å². The van der Waals surface area contributed by atoms with Crippen molar-refractivity contribution in [3.63, 3.8) is 0 Å². The van der Waals surface area contributed by atoms with Crippen molar-refractivity contribution in [2.75, 3.05) is 7.11 Å². The van der Waals surface area contributed by atoms with Crippen molar-refractivity contribution in [2.45, 2.75) is 44.4 Å². The molecule has 4 heteroatoms. The predicted octanol–water partition coefficient (Wildman–Crippen LogP) is 1.97. The highest BCUT2D eigenvalue weighted by Gasteiger charge is 2.23. The number of nitrogens with one attached hydrogen (secondary N) is 1. The maximum absolute atomic E-state index is 10.6. The van der Waals surface area contributed by atoms with E-state index in [1.165, 1.54) is 5.56 Å². The summed E-state index contributed by atoms with van der Waals surface area (Å²) in [4.78, 5) is 10.6. The number of aliphatic carboxylic acids is 1. The second kappa shape index (κ2) is 6.68. The van der Waals surface area contributed by atoms with Crippen LogP contribution in [-0.4, -0.2) is 30.3 Å². The molecule has 0 amide bonds. The van der Waals surface area contributed by atoms with Gasteiger partial charge in [0.1, 0.15) is 0 Å². The minimum atomic E-state index is -0.789. The minimum Gasteiger partial charge on any atom is -0.481 e. The zero-order valence-corrected chi connectivity index (χ0v) is 11.3. The molecule has 1 fully saturated rings. The molecule has 19 heavy (non-hydrogen) atoms. The number of carboxylic acid groups (broad SMARTS) is 1. The highest BCUT2D eigenvalue weighted by atomic mass is 16.5. The maximum atomic E-state index is 10.6. The fourth-order valence-corrected chi connectivity index (χ4v) is 2.55. The van der Waals surface area contributed by atoms with Gasteiger partial charge in [-0.1, -0.05) is 24.3 Å². The molecule has 2 N–H and O–H groups in total. The van der Waals surface area contributed by atoms with E-state index >= 15 is 0 Å². The van der Waals surface area contributed by atoms with E-state index in [1.807, 2.05) is 24.3 Å². The first-order chi connectivity index (χ1) is 9.17. The quantitative estimate of drug-likeness (QED) is 0.824. The summed E-state index contributed by atoms with van der Waals surface area (Å²) < 4.78 is 5.35. The van der Waals surface area contributed by atoms with Gasteiger partial charge in [-0.05, 0) is 30.4 Å². The third-order valence-corrected chi connectivity index (χ3v) is 3.69. The van der Waals surface area contributed by atoms with E-state index in [9.17, 15) is 4.79 Å². The number of ether oxygens (including phenoxy) is 1. The summed E-state index contributed by atoms with van der Waals surface area (Å²) >= 11 is 0. The van der Waals surface area contributed by atoms with Crippen LogP contribution in [0.2, 0.25) is 0 Å². The average molecular weight is 263 g/mol. The van der Waals surface area contributed by atoms with Crippen LogP contribution in [-0.2, 0) is 22.5 Å². The number of methoxy groups -OCH3 is 1. The van der Waals surface area contributed by atoms with Crippen LogP contribution in [0.4, 0.5) is 0 Å². The van der Waals surface area contributed by atoms with Gasteiger partial charge in [0.05, 0.1) is 12.5 Å². The van der Waals surface area contributed by atoms with Gasteiger partial charge in [-0.3, -0.25) is 4.79 Å². The molecule has 0 spiro atoms. The molecule has 0 heterocycles. The third-order valence-electron chi connectivity index (χ3n) is 3.69. The molecule has 2 atom stereocenters. The fourth-order valence-electron chi connectivity index (χ4n) is 2.55. The molecular weight excluding hydrogens is 242 g/mol. The van der Waals surface area contributed by atoms with E-state index in [-0.39, 0.29) is 6.42 Å². The van der Waals surface area contributed by atoms with Crippen molar-refractivity contribution in [2.24, 2.45) is 0 Å². The van der Waals surface area contributed by atoms with Gasteiger partial charge in [0, 0.05) is 19.7 Å². The normalized spacial score (nSPS) is 22.6. The minimum absolute atomic E-state index is 0.0891. The third kappa shape index (κ3) is 4.33. The summed E-state index contributed by atoms with van der Waals surface area (Å²) in [6, 6.07) is 8.29. The molecular formula is C15H21NO3. The molecule has 0 aliphatic heterocycles. The Morgan fingerprint density at radius 2 is 2.00 bits per heavy atom. The van der Waals surface area contributed by atoms with Crippen LogP contribution in [0.3, 0.4) is 0 Å². The van der Waals surface area contributed by atoms with Gasteiger partial charge in [-0.25, -0.2) is 0 Å². The smallest absolute Gasteiger partial charge is 0.307 e. The Kier molecular flexibility index (Phi) is 4.93. The first-order valence-electron chi connectivity index (χ1n) is 6.73. The topological polar surface area (TPSA) is 58.6 Å². The monoisotopic (exact) mass is 263 g/mol. The number of carboxylic acids is 1. The molecule has 2 unspecified atom stereocenters. The lowest BCUT2D eigenvalue weighted by Gasteiger charge is -2.13. The van der Waals surface area contributed by atoms with Crippen LogP contribution in [0.1, 0.15) is 30.4 Å². The molecule has 2 rings (SSSR count). The zero-order valence-electron chi connectivity index (χ0n) is 11.3. The SMILES string of the molecule is COC1CCC(NCc2ccc(CC(=O)O)cc2)C1. The van der Waals surface area contributed by atoms with Crippen LogP contribution in [0, 0.1) is 0 Å². The largest absolute Gasteiger partial charge is 0.481 e. The van der Waals surface area contributed by atoms with E-state index in [0.717, 1.165) is 31.4 Å². The van der Waals surface area contributed by atoms with Gasteiger partial charge < -0.3 is 15.2 Å². The fraction of sp³-hybridized carbons (Fsp3) is 0.533. The molecule has 4 nitrogen and oxygen atoms in total. The van der Waals surface area contributed by atoms with Gasteiger partial charge in [0.2, 0.25) is 0 Å². The molecule has 1 aliphatic rings. The Labute approximate surface area is 113 Å². The molecule has 1 saturated carbocycles. The Bertz CT molecular complexity index is 416. The van der Waals surface area contributed by atoms with Gasteiger partial charge in [-0.15, -0.1) is 0 Å². The van der Waals surface area contributed by atoms with Crippen LogP contribution in [0.25, 0.3) is 0 Å². The van der Waals surface area contributed by atoms with E-state index in [1.54, 1.807) is 7.11 Å². The second-order valence-corrected chi connectivity index (χ2v) is 5.14. The lowest BCUT2D eigenvalue weighted by Crippen LogP contribution is -2.26. The standard InChI is InChI=1S/C15H21NO3/c1-19-14-7-6-13(9-14)16-10-12-4-2-11(3-5-12)8-15(17)18/h2-5,13-14,16H,6-10H2,1H3,(H,17,18). The summed E-state index contributed by atoms with van der Waals surface area (Å²) in [5.74, 6) is -0.789. The molecule has 1 aliphatic carbocycles. The highest BCUT2D eigenvalue weighted by molar-refractivity contribution is 5.70. The Morgan fingerprint density at radius 1 is 1.32 bits per heavy atom. The molecule has 0 aromatic heterocycles. The number of hydrogen-bond donors (Lipinski definition) is 2. The maximum Gasteiger partial charge on any atom is 0.307 e. The van der Waals surface area contributed by atoms with Gasteiger partial charge >= 0.3 is 5.97 Å². The molecule has 1 aromatic rings. The Morgan fingerprint density at radius 3 is 2.58 bits per heavy atom. The Balaban J connectivity index is 1.78. The van der Waals surface area contributed by atoms with Gasteiger partial charge in [-0.2, -0.15) is 0 Å². The number of benzene rings is 1. The summed E-state index contributed by atoms with van der Waals surface area (Å²) in [7, 11) is 1.77. The van der Waals surface area contributed by atoms with Crippen LogP contribution < -0.4 is 5.32 Å². The van der Waals surface area contributed by atoms with Crippen molar-refractivity contribution < 1.29 is 14.6 Å². The Hall–Kier alpha value is -1.39. The van der Waals surface area contributed by atoms with E-state index in [2.05, 4.69) is 5.32 Å². The predicted molar refractivity (Wildman–Crippen MR) is 73.1 cm³/mol. The lowest BCUT2D eigenvalue weighted by atomic mass is 10.1. The van der Waals surface area contributed by atoms with E-state index < -0.39 is 5.97 Å². The molecule has 0 saturated heterocycles. The number of hydrogen-bond acceptors (Lipinski definition) is 3. The highest BCUT2D eigenvalue weighted by Crippen LogP contribution is 2.21. The van der Waals surface area contributed by atoms with Crippen molar-refractivity contribution in [3.8, 4) is 0 Å². The van der Waals surface area contributed by atoms with Crippen molar-refractivity contribution in [1.29, 1.82) is 0 Å². The number of carbonyl (C=O) groups is 1. The van der Waals surface area contributed by atoms with Gasteiger partial charge in [0.15, 0.2) is 0 Å². The van der Waals surface area contributed by atoms with Crippen LogP contribution >= 0.6 is 0 Å². The molecule has 0 radical (unpaired) electrons. The van der Waals surface area contributed by atoms with E-state index in [0.29, 0.717) is 12.1 Å². The summed E-state index contributed by atoms with van der Waals surface area (Å²) in [6.45, 7) is 0.828. The second-order valence-electron chi connectivity index (χ2n) is 5.14. The average Bonchev–Trinajstić information content (AvgIpc) is 2.85. The van der Waals surface area contributed by atoms with Crippen molar-refractivity contribution in [1.82, 2.24) is 5.32 Å². The lowest BCUT2D eigenvalue weighted by molar-refractivity contribution is -0.136. The molecule has 1 aromatic carbocycles. The summed E-state index contributed by atoms with van der Waals surface area (Å²) in [5, 5.41) is 12.2. The first-order valence-corrected chi connectivity index (χ1v) is 6.73. The molecule has 104 valence electrons.